The fourth-order valence-electron chi connectivity index (χ4n) is 2.12. The van der Waals surface area contributed by atoms with Crippen molar-refractivity contribution in [1.29, 1.82) is 0 Å². The largest absolute Gasteiger partial charge is 0.373 e. The molecule has 0 radical (unpaired) electrons. The second-order valence-electron chi connectivity index (χ2n) is 6.93. The summed E-state index contributed by atoms with van der Waals surface area (Å²) >= 11 is 0. The molecule has 0 unspecified atom stereocenters. The molecule has 3 amide bonds. The Balaban J connectivity index is 2.32. The Kier molecular flexibility index (Phi) is 7.10. The number of ether oxygens (including phenoxy) is 2. The highest BCUT2D eigenvalue weighted by Gasteiger charge is 2.27. The summed E-state index contributed by atoms with van der Waals surface area (Å²) in [5.41, 5.74) is -0.940. The van der Waals surface area contributed by atoms with Gasteiger partial charge in [-0.3, -0.25) is 19.3 Å². The van der Waals surface area contributed by atoms with Crippen LogP contribution in [0.3, 0.4) is 0 Å². The third-order valence-corrected chi connectivity index (χ3v) is 3.52. The maximum absolute atomic E-state index is 11.9. The second kappa shape index (κ2) is 8.39. The van der Waals surface area contributed by atoms with Crippen LogP contribution in [0.2, 0.25) is 0 Å². The molecule has 0 aromatic carbocycles. The van der Waals surface area contributed by atoms with E-state index >= 15 is 0 Å². The number of hydrogen-bond donors (Lipinski definition) is 1. The van der Waals surface area contributed by atoms with Crippen LogP contribution in [0.4, 0.5) is 0 Å². The summed E-state index contributed by atoms with van der Waals surface area (Å²) in [6.07, 6.45) is 2.48. The van der Waals surface area contributed by atoms with Gasteiger partial charge in [0.2, 0.25) is 5.91 Å². The Morgan fingerprint density at radius 2 is 1.67 bits per heavy atom. The molecule has 1 aliphatic rings. The molecule has 1 N–H and O–H groups in total. The van der Waals surface area contributed by atoms with Crippen molar-refractivity contribution < 1.29 is 23.9 Å². The average molecular weight is 340 g/mol. The predicted octanol–water partition coefficient (Wildman–Crippen LogP) is 1.03. The highest BCUT2D eigenvalue weighted by Crippen LogP contribution is 2.15. The number of hydrogen-bond acceptors (Lipinski definition) is 5. The van der Waals surface area contributed by atoms with Gasteiger partial charge in [0.25, 0.3) is 11.8 Å². The average Bonchev–Trinajstić information content (AvgIpc) is 2.80. The quantitative estimate of drug-likeness (QED) is 0.600. The molecule has 0 aromatic heterocycles. The summed E-state index contributed by atoms with van der Waals surface area (Å²) in [4.78, 5) is 35.8. The van der Waals surface area contributed by atoms with E-state index in [1.807, 2.05) is 34.6 Å². The minimum Gasteiger partial charge on any atom is -0.373 e. The van der Waals surface area contributed by atoms with Crippen molar-refractivity contribution in [2.24, 2.45) is 0 Å². The lowest BCUT2D eigenvalue weighted by molar-refractivity contribution is -0.137. The van der Waals surface area contributed by atoms with Crippen molar-refractivity contribution in [2.75, 3.05) is 26.3 Å². The normalized spacial score (nSPS) is 15.3. The maximum atomic E-state index is 11.9. The summed E-state index contributed by atoms with van der Waals surface area (Å²) in [6, 6.07) is 0. The molecule has 7 heteroatoms. The summed E-state index contributed by atoms with van der Waals surface area (Å²) in [6.45, 7) is 11.0. The first-order valence-electron chi connectivity index (χ1n) is 8.14. The monoisotopic (exact) mass is 340 g/mol. The third-order valence-electron chi connectivity index (χ3n) is 3.52. The minimum atomic E-state index is -0.551. The van der Waals surface area contributed by atoms with Crippen LogP contribution in [0.25, 0.3) is 0 Å². The molecule has 1 heterocycles. The Morgan fingerprint density at radius 1 is 1.08 bits per heavy atom. The zero-order valence-corrected chi connectivity index (χ0v) is 15.2. The first-order chi connectivity index (χ1) is 11.1. The molecule has 0 aliphatic carbocycles. The molecule has 0 aromatic rings. The number of nitrogens with zero attached hydrogens (tertiary/aromatic N) is 1. The molecule has 0 fully saturated rings. The van der Waals surface area contributed by atoms with Gasteiger partial charge in [0.05, 0.1) is 17.8 Å². The summed E-state index contributed by atoms with van der Waals surface area (Å²) in [7, 11) is 0. The van der Waals surface area contributed by atoms with Crippen molar-refractivity contribution in [3.8, 4) is 0 Å². The van der Waals surface area contributed by atoms with Gasteiger partial charge in [-0.1, -0.05) is 0 Å². The van der Waals surface area contributed by atoms with E-state index in [-0.39, 0.29) is 36.3 Å². The van der Waals surface area contributed by atoms with Crippen LogP contribution >= 0.6 is 0 Å². The smallest absolute Gasteiger partial charge is 0.253 e. The van der Waals surface area contributed by atoms with Crippen molar-refractivity contribution in [2.45, 2.75) is 52.2 Å². The van der Waals surface area contributed by atoms with E-state index in [1.54, 1.807) is 0 Å². The first-order valence-corrected chi connectivity index (χ1v) is 8.14. The Labute approximate surface area is 143 Å². The lowest BCUT2D eigenvalue weighted by Crippen LogP contribution is -2.44. The van der Waals surface area contributed by atoms with E-state index in [4.69, 9.17) is 9.47 Å². The van der Waals surface area contributed by atoms with Gasteiger partial charge in [0.15, 0.2) is 0 Å². The maximum Gasteiger partial charge on any atom is 0.253 e. The lowest BCUT2D eigenvalue weighted by atomic mass is 10.1. The summed E-state index contributed by atoms with van der Waals surface area (Å²) in [5, 5.41) is 2.77. The molecule has 136 valence electrons. The van der Waals surface area contributed by atoms with Crippen molar-refractivity contribution in [1.82, 2.24) is 10.2 Å². The van der Waals surface area contributed by atoms with Crippen molar-refractivity contribution >= 4 is 17.7 Å². The molecular weight excluding hydrogens is 312 g/mol. The predicted molar refractivity (Wildman–Crippen MR) is 89.2 cm³/mol. The van der Waals surface area contributed by atoms with Gasteiger partial charge in [-0.05, 0) is 34.6 Å². The van der Waals surface area contributed by atoms with E-state index in [0.29, 0.717) is 19.8 Å². The van der Waals surface area contributed by atoms with Gasteiger partial charge in [-0.2, -0.15) is 0 Å². The Hall–Kier alpha value is -1.73. The van der Waals surface area contributed by atoms with Crippen LogP contribution in [0, 0.1) is 0 Å². The van der Waals surface area contributed by atoms with Crippen LogP contribution in [0.1, 0.15) is 41.0 Å². The van der Waals surface area contributed by atoms with E-state index in [1.165, 1.54) is 12.2 Å². The number of nitrogens with one attached hydrogen (secondary N) is 1. The summed E-state index contributed by atoms with van der Waals surface area (Å²) < 4.78 is 11.4. The van der Waals surface area contributed by atoms with Crippen molar-refractivity contribution in [3.63, 3.8) is 0 Å². The van der Waals surface area contributed by atoms with Gasteiger partial charge in [0.1, 0.15) is 0 Å². The number of carbonyl (C=O) groups is 3. The Bertz CT molecular complexity index is 493. The third kappa shape index (κ3) is 6.80. The number of rotatable bonds is 10. The van der Waals surface area contributed by atoms with E-state index in [9.17, 15) is 14.4 Å². The van der Waals surface area contributed by atoms with Gasteiger partial charge in [-0.25, -0.2) is 0 Å². The van der Waals surface area contributed by atoms with Crippen LogP contribution in [-0.2, 0) is 23.9 Å². The Morgan fingerprint density at radius 3 is 2.21 bits per heavy atom. The molecule has 24 heavy (non-hydrogen) atoms. The number of amides is 3. The van der Waals surface area contributed by atoms with Gasteiger partial charge in [0, 0.05) is 38.3 Å². The molecule has 1 rings (SSSR count). The van der Waals surface area contributed by atoms with Crippen LogP contribution in [0.5, 0.6) is 0 Å². The summed E-state index contributed by atoms with van der Waals surface area (Å²) in [5.74, 6) is -0.993. The van der Waals surface area contributed by atoms with Gasteiger partial charge >= 0.3 is 0 Å². The van der Waals surface area contributed by atoms with Gasteiger partial charge in [-0.15, -0.1) is 0 Å². The van der Waals surface area contributed by atoms with Crippen LogP contribution in [0.15, 0.2) is 12.2 Å². The zero-order valence-electron chi connectivity index (χ0n) is 15.2. The number of imide groups is 1. The molecule has 0 saturated carbocycles. The zero-order chi connectivity index (χ0) is 18.4. The standard InChI is InChI=1S/C17H28N2O5/c1-6-23-17(4,5)12-24-16(2,3)11-18-13(20)9-10-19-14(21)7-8-15(19)22/h7-8H,6,9-12H2,1-5H3,(H,18,20). The number of carbonyl (C=O) groups excluding carboxylic acids is 3. The van der Waals surface area contributed by atoms with Gasteiger partial charge < -0.3 is 14.8 Å². The van der Waals surface area contributed by atoms with E-state index in [2.05, 4.69) is 5.32 Å². The molecule has 0 atom stereocenters. The van der Waals surface area contributed by atoms with E-state index < -0.39 is 5.60 Å². The van der Waals surface area contributed by atoms with E-state index in [0.717, 1.165) is 4.90 Å². The molecule has 0 saturated heterocycles. The molecule has 1 aliphatic heterocycles. The molecule has 0 spiro atoms. The fourth-order valence-corrected chi connectivity index (χ4v) is 2.12. The topological polar surface area (TPSA) is 84.9 Å². The molecule has 0 bridgehead atoms. The molecule has 7 nitrogen and oxygen atoms in total. The fraction of sp³-hybridized carbons (Fsp3) is 0.706. The molecular formula is C17H28N2O5. The highest BCUT2D eigenvalue weighted by molar-refractivity contribution is 6.13. The van der Waals surface area contributed by atoms with Crippen LogP contribution < -0.4 is 5.32 Å². The first kappa shape index (κ1) is 20.3. The van der Waals surface area contributed by atoms with Crippen LogP contribution in [-0.4, -0.2) is 60.1 Å². The highest BCUT2D eigenvalue weighted by atomic mass is 16.6. The van der Waals surface area contributed by atoms with Crippen molar-refractivity contribution in [3.05, 3.63) is 12.2 Å². The SMILES string of the molecule is CCOC(C)(C)COC(C)(C)CNC(=O)CCN1C(=O)C=CC1=O. The second-order valence-corrected chi connectivity index (χ2v) is 6.93. The minimum absolute atomic E-state index is 0.0691. The lowest BCUT2D eigenvalue weighted by Gasteiger charge is -2.32.